The number of esters is 1. The summed E-state index contributed by atoms with van der Waals surface area (Å²) in [5, 5.41) is 13.5. The Hall–Kier alpha value is -3.04. The van der Waals surface area contributed by atoms with Crippen molar-refractivity contribution < 1.29 is 14.3 Å². The molecule has 0 aromatic heterocycles. The molecule has 0 bridgehead atoms. The fourth-order valence-electron chi connectivity index (χ4n) is 4.61. The minimum Gasteiger partial charge on any atom is -0.465 e. The van der Waals surface area contributed by atoms with Crippen LogP contribution in [0.15, 0.2) is 30.3 Å². The molecule has 0 aliphatic carbocycles. The lowest BCUT2D eigenvalue weighted by atomic mass is 9.78. The molecule has 0 spiro atoms. The van der Waals surface area contributed by atoms with Gasteiger partial charge in [-0.2, -0.15) is 5.26 Å². The zero-order chi connectivity index (χ0) is 23.5. The molecule has 170 valence electrons. The number of nitrogens with zero attached hydrogens (tertiary/aromatic N) is 2. The molecule has 32 heavy (non-hydrogen) atoms. The highest BCUT2D eigenvalue weighted by Gasteiger charge is 2.37. The van der Waals surface area contributed by atoms with E-state index in [1.807, 2.05) is 37.3 Å². The molecule has 0 amide bonds. The summed E-state index contributed by atoms with van der Waals surface area (Å²) in [5.74, 6) is -0.320. The molecule has 6 nitrogen and oxygen atoms in total. The highest BCUT2D eigenvalue weighted by molar-refractivity contribution is 5.92. The maximum Gasteiger partial charge on any atom is 0.338 e. The average Bonchev–Trinajstić information content (AvgIpc) is 2.76. The first-order chi connectivity index (χ1) is 15.2. The van der Waals surface area contributed by atoms with Crippen LogP contribution in [0.2, 0.25) is 0 Å². The number of hydrogen-bond acceptors (Lipinski definition) is 6. The van der Waals surface area contributed by atoms with Crippen LogP contribution in [0.5, 0.6) is 0 Å². The number of methoxy groups -OCH3 is 2. The van der Waals surface area contributed by atoms with E-state index in [0.717, 1.165) is 47.6 Å². The lowest BCUT2D eigenvalue weighted by molar-refractivity contribution is 0.0600. The van der Waals surface area contributed by atoms with Gasteiger partial charge in [0.25, 0.3) is 0 Å². The van der Waals surface area contributed by atoms with Crippen molar-refractivity contribution in [2.75, 3.05) is 37.5 Å². The summed E-state index contributed by atoms with van der Waals surface area (Å²) in [5.41, 5.74) is 6.07. The monoisotopic (exact) mass is 435 g/mol. The molecule has 1 heterocycles. The maximum atomic E-state index is 12.2. The van der Waals surface area contributed by atoms with Crippen molar-refractivity contribution in [3.8, 4) is 6.07 Å². The lowest BCUT2D eigenvalue weighted by Crippen LogP contribution is -2.52. The van der Waals surface area contributed by atoms with Gasteiger partial charge in [-0.25, -0.2) is 4.79 Å². The van der Waals surface area contributed by atoms with E-state index in [-0.39, 0.29) is 17.4 Å². The van der Waals surface area contributed by atoms with E-state index >= 15 is 0 Å². The molecule has 6 heteroatoms. The quantitative estimate of drug-likeness (QED) is 0.656. The van der Waals surface area contributed by atoms with Gasteiger partial charge in [0.2, 0.25) is 0 Å². The summed E-state index contributed by atoms with van der Waals surface area (Å²) in [6.45, 7) is 10.5. The predicted molar refractivity (Wildman–Crippen MR) is 127 cm³/mol. The first-order valence-corrected chi connectivity index (χ1v) is 10.9. The number of benzene rings is 2. The van der Waals surface area contributed by atoms with E-state index in [2.05, 4.69) is 37.1 Å². The molecule has 3 rings (SSSR count). The maximum absolute atomic E-state index is 12.2. The second-order valence-corrected chi connectivity index (χ2v) is 9.23. The van der Waals surface area contributed by atoms with Gasteiger partial charge in [-0.15, -0.1) is 0 Å². The summed E-state index contributed by atoms with van der Waals surface area (Å²) in [7, 11) is 3.05. The topological polar surface area (TPSA) is 74.6 Å². The van der Waals surface area contributed by atoms with E-state index in [9.17, 15) is 10.1 Å². The molecule has 1 saturated heterocycles. The standard InChI is InChI=1S/C26H33N3O3/c1-17-12-18(2)22(13-20(17)25(30)32-6)28-24-10-11-29(16-26(24,3)4)23-9-7-8-19(15-31-5)21(23)14-27/h7-9,12-13,24,28H,10-11,15-16H2,1-6H3. The molecule has 1 atom stereocenters. The number of nitriles is 1. The molecule has 1 fully saturated rings. The van der Waals surface area contributed by atoms with Crippen LogP contribution in [0.3, 0.4) is 0 Å². The highest BCUT2D eigenvalue weighted by Crippen LogP contribution is 2.37. The molecule has 1 unspecified atom stereocenters. The van der Waals surface area contributed by atoms with Crippen molar-refractivity contribution in [3.63, 3.8) is 0 Å². The average molecular weight is 436 g/mol. The number of ether oxygens (including phenoxy) is 2. The Bertz CT molecular complexity index is 1040. The van der Waals surface area contributed by atoms with Gasteiger partial charge in [-0.1, -0.05) is 32.0 Å². The number of carbonyl (C=O) groups excluding carboxylic acids is 1. The molecular weight excluding hydrogens is 402 g/mol. The van der Waals surface area contributed by atoms with Crippen molar-refractivity contribution >= 4 is 17.3 Å². The van der Waals surface area contributed by atoms with Gasteiger partial charge in [0, 0.05) is 37.3 Å². The Morgan fingerprint density at radius 1 is 1.25 bits per heavy atom. The number of carbonyl (C=O) groups is 1. The Morgan fingerprint density at radius 3 is 2.62 bits per heavy atom. The molecule has 0 radical (unpaired) electrons. The Morgan fingerprint density at radius 2 is 2.00 bits per heavy atom. The van der Waals surface area contributed by atoms with Gasteiger partial charge in [0.15, 0.2) is 0 Å². The molecule has 0 saturated carbocycles. The summed E-state index contributed by atoms with van der Waals surface area (Å²) < 4.78 is 10.2. The third kappa shape index (κ3) is 4.73. The van der Waals surface area contributed by atoms with Gasteiger partial charge < -0.3 is 19.7 Å². The van der Waals surface area contributed by atoms with Gasteiger partial charge >= 0.3 is 5.97 Å². The van der Waals surface area contributed by atoms with E-state index in [0.29, 0.717) is 17.7 Å². The zero-order valence-electron chi connectivity index (χ0n) is 19.9. The van der Waals surface area contributed by atoms with Crippen LogP contribution in [-0.4, -0.2) is 39.3 Å². The van der Waals surface area contributed by atoms with Crippen LogP contribution < -0.4 is 10.2 Å². The largest absolute Gasteiger partial charge is 0.465 e. The first-order valence-electron chi connectivity index (χ1n) is 10.9. The zero-order valence-corrected chi connectivity index (χ0v) is 19.9. The van der Waals surface area contributed by atoms with Gasteiger partial charge in [0.05, 0.1) is 30.5 Å². The SMILES string of the molecule is COCc1cccc(N2CCC(Nc3cc(C(=O)OC)c(C)cc3C)C(C)(C)C2)c1C#N. The fourth-order valence-corrected chi connectivity index (χ4v) is 4.61. The van der Waals surface area contributed by atoms with Gasteiger partial charge in [-0.05, 0) is 49.1 Å². The Labute approximate surface area is 191 Å². The number of anilines is 2. The van der Waals surface area contributed by atoms with Crippen LogP contribution in [0.25, 0.3) is 0 Å². The summed E-state index contributed by atoms with van der Waals surface area (Å²) >= 11 is 0. The van der Waals surface area contributed by atoms with E-state index in [1.54, 1.807) is 7.11 Å². The van der Waals surface area contributed by atoms with Gasteiger partial charge in [-0.3, -0.25) is 0 Å². The van der Waals surface area contributed by atoms with Crippen LogP contribution in [0, 0.1) is 30.6 Å². The van der Waals surface area contributed by atoms with Crippen molar-refractivity contribution in [2.24, 2.45) is 5.41 Å². The third-order valence-electron chi connectivity index (χ3n) is 6.42. The number of aryl methyl sites for hydroxylation is 2. The molecule has 1 aliphatic rings. The van der Waals surface area contributed by atoms with Crippen molar-refractivity contribution in [1.29, 1.82) is 5.26 Å². The smallest absolute Gasteiger partial charge is 0.338 e. The molecule has 2 aromatic carbocycles. The van der Waals surface area contributed by atoms with E-state index < -0.39 is 0 Å². The van der Waals surface area contributed by atoms with Crippen molar-refractivity contribution in [1.82, 2.24) is 0 Å². The van der Waals surface area contributed by atoms with Gasteiger partial charge in [0.1, 0.15) is 6.07 Å². The number of piperidine rings is 1. The summed E-state index contributed by atoms with van der Waals surface area (Å²) in [4.78, 5) is 14.5. The summed E-state index contributed by atoms with van der Waals surface area (Å²) in [6, 6.07) is 12.5. The Balaban J connectivity index is 1.84. The lowest BCUT2D eigenvalue weighted by Gasteiger charge is -2.46. The summed E-state index contributed by atoms with van der Waals surface area (Å²) in [6.07, 6.45) is 0.910. The predicted octanol–water partition coefficient (Wildman–Crippen LogP) is 4.83. The molecule has 2 aromatic rings. The molecule has 1 aliphatic heterocycles. The minimum atomic E-state index is -0.320. The van der Waals surface area contributed by atoms with E-state index in [1.165, 1.54) is 7.11 Å². The normalized spacial score (nSPS) is 17.5. The number of rotatable bonds is 6. The third-order valence-corrected chi connectivity index (χ3v) is 6.42. The molecule has 1 N–H and O–H groups in total. The van der Waals surface area contributed by atoms with Crippen molar-refractivity contribution in [3.05, 3.63) is 58.1 Å². The first kappa shape index (κ1) is 23.6. The fraction of sp³-hybridized carbons (Fsp3) is 0.462. The molecular formula is C26H33N3O3. The van der Waals surface area contributed by atoms with E-state index in [4.69, 9.17) is 9.47 Å². The van der Waals surface area contributed by atoms with Crippen LogP contribution >= 0.6 is 0 Å². The van der Waals surface area contributed by atoms with Crippen LogP contribution in [0.4, 0.5) is 11.4 Å². The second-order valence-electron chi connectivity index (χ2n) is 9.23. The van der Waals surface area contributed by atoms with Crippen LogP contribution in [0.1, 0.15) is 52.9 Å². The minimum absolute atomic E-state index is 0.0645. The number of nitrogens with one attached hydrogen (secondary N) is 1. The highest BCUT2D eigenvalue weighted by atomic mass is 16.5. The number of hydrogen-bond donors (Lipinski definition) is 1. The second kappa shape index (κ2) is 9.62. The van der Waals surface area contributed by atoms with Crippen LogP contribution in [-0.2, 0) is 16.1 Å². The van der Waals surface area contributed by atoms with Crippen molar-refractivity contribution in [2.45, 2.75) is 46.8 Å². The Kier molecular flexibility index (Phi) is 7.10.